The highest BCUT2D eigenvalue weighted by Gasteiger charge is 2.25. The zero-order valence-corrected chi connectivity index (χ0v) is 22.2. The number of thioether (sulfide) groups is 1. The number of sulfone groups is 1. The number of carbonyl (C=O) groups excluding carboxylic acids is 1. The van der Waals surface area contributed by atoms with Crippen molar-refractivity contribution in [3.05, 3.63) is 42.2 Å². The van der Waals surface area contributed by atoms with Gasteiger partial charge in [0.25, 0.3) is 0 Å². The number of aliphatic imine (C=N–C) groups is 1. The van der Waals surface area contributed by atoms with E-state index in [1.807, 2.05) is 18.2 Å². The Morgan fingerprint density at radius 2 is 2.05 bits per heavy atom. The van der Waals surface area contributed by atoms with Crippen LogP contribution in [0.4, 0.5) is 0 Å². The van der Waals surface area contributed by atoms with E-state index in [9.17, 15) is 13.2 Å². The van der Waals surface area contributed by atoms with Crippen LogP contribution < -0.4 is 14.8 Å². The highest BCUT2D eigenvalue weighted by Crippen LogP contribution is 2.37. The number of pyridine rings is 1. The first-order chi connectivity index (χ1) is 17.8. The molecule has 0 spiro atoms. The van der Waals surface area contributed by atoms with Gasteiger partial charge in [0.05, 0.1) is 35.9 Å². The Hall–Kier alpha value is -3.09. The number of carbonyl (C=O) groups is 1. The van der Waals surface area contributed by atoms with Gasteiger partial charge in [0, 0.05) is 61.5 Å². The van der Waals surface area contributed by atoms with Crippen LogP contribution in [-0.2, 0) is 19.4 Å². The molecule has 3 aromatic rings. The summed E-state index contributed by atoms with van der Waals surface area (Å²) in [7, 11) is -1.71. The number of H-pyrrole nitrogens is 1. The van der Waals surface area contributed by atoms with Crippen LogP contribution in [0.25, 0.3) is 10.9 Å². The minimum absolute atomic E-state index is 0.00212. The maximum atomic E-state index is 11.8. The van der Waals surface area contributed by atoms with Crippen molar-refractivity contribution >= 4 is 43.5 Å². The molecule has 2 aromatic heterocycles. The third-order valence-electron chi connectivity index (χ3n) is 6.13. The lowest BCUT2D eigenvalue weighted by Gasteiger charge is -2.23. The second kappa shape index (κ2) is 10.7. The predicted octanol–water partition coefficient (Wildman–Crippen LogP) is 3.31. The zero-order chi connectivity index (χ0) is 26.0. The van der Waals surface area contributed by atoms with E-state index in [2.05, 4.69) is 20.3 Å². The molecule has 1 fully saturated rings. The first-order valence-electron chi connectivity index (χ1n) is 12.0. The van der Waals surface area contributed by atoms with Gasteiger partial charge in [0.1, 0.15) is 22.6 Å². The molecule has 0 aliphatic carbocycles. The summed E-state index contributed by atoms with van der Waals surface area (Å²) in [6, 6.07) is 8.67. The topological polar surface area (TPSA) is 132 Å². The summed E-state index contributed by atoms with van der Waals surface area (Å²) in [6.07, 6.45) is 4.42. The molecule has 1 unspecified atom stereocenters. The van der Waals surface area contributed by atoms with Crippen LogP contribution in [0.3, 0.4) is 0 Å². The lowest BCUT2D eigenvalue weighted by molar-refractivity contribution is -0.120. The highest BCUT2D eigenvalue weighted by atomic mass is 32.2. The van der Waals surface area contributed by atoms with Gasteiger partial charge in [-0.25, -0.2) is 13.4 Å². The van der Waals surface area contributed by atoms with Crippen LogP contribution in [0, 0.1) is 0 Å². The van der Waals surface area contributed by atoms with Crippen molar-refractivity contribution in [2.45, 2.75) is 35.5 Å². The molecule has 1 amide bonds. The molecule has 1 atom stereocenters. The Balaban J connectivity index is 1.43. The standard InChI is InChI=1S/C25H28N4O6S2/c1-26-22(30)12-18-13-28-25(36-18)20-10-15-9-17(35-23-4-3-19(14-27-23)37(2,31)32)11-21(24(15)29-20)34-16-5-7-33-8-6-16/h3-4,9-11,14,16,18,29H,5-8,12-13H2,1-2H3,(H,26,30). The van der Waals surface area contributed by atoms with Crippen molar-refractivity contribution in [2.24, 2.45) is 4.99 Å². The number of nitrogens with zero attached hydrogens (tertiary/aromatic N) is 2. The van der Waals surface area contributed by atoms with E-state index < -0.39 is 9.84 Å². The first-order valence-corrected chi connectivity index (χ1v) is 14.7. The molecule has 10 nitrogen and oxygen atoms in total. The molecule has 37 heavy (non-hydrogen) atoms. The normalized spacial score (nSPS) is 18.5. The van der Waals surface area contributed by atoms with Gasteiger partial charge >= 0.3 is 0 Å². The molecular weight excluding hydrogens is 516 g/mol. The summed E-state index contributed by atoms with van der Waals surface area (Å²) in [4.78, 5) is 24.2. The van der Waals surface area contributed by atoms with Crippen LogP contribution in [-0.4, -0.2) is 73.8 Å². The lowest BCUT2D eigenvalue weighted by atomic mass is 10.1. The second-order valence-corrected chi connectivity index (χ2v) is 12.3. The van der Waals surface area contributed by atoms with Crippen molar-refractivity contribution in [3.63, 3.8) is 0 Å². The number of rotatable bonds is 8. The molecule has 0 radical (unpaired) electrons. The molecule has 12 heteroatoms. The average molecular weight is 545 g/mol. The third-order valence-corrected chi connectivity index (χ3v) is 8.45. The molecule has 2 N–H and O–H groups in total. The first kappa shape index (κ1) is 25.6. The van der Waals surface area contributed by atoms with E-state index in [1.54, 1.807) is 18.8 Å². The third kappa shape index (κ3) is 6.08. The number of hydrogen-bond acceptors (Lipinski definition) is 9. The maximum absolute atomic E-state index is 11.8. The molecular formula is C25H28N4O6S2. The minimum Gasteiger partial charge on any atom is -0.488 e. The molecule has 0 saturated carbocycles. The SMILES string of the molecule is CNC(=O)CC1CN=C(c2cc3cc(Oc4ccc(S(C)(=O)=O)cn4)cc(OC4CCOCC4)c3[nH]2)S1. The molecule has 4 heterocycles. The van der Waals surface area contributed by atoms with Gasteiger partial charge in [-0.15, -0.1) is 0 Å². The lowest BCUT2D eigenvalue weighted by Crippen LogP contribution is -2.25. The molecule has 5 rings (SSSR count). The van der Waals surface area contributed by atoms with Gasteiger partial charge < -0.3 is 24.5 Å². The van der Waals surface area contributed by atoms with E-state index in [1.165, 1.54) is 18.3 Å². The van der Waals surface area contributed by atoms with Gasteiger partial charge in [0.15, 0.2) is 9.84 Å². The van der Waals surface area contributed by atoms with Gasteiger partial charge in [-0.2, -0.15) is 0 Å². The average Bonchev–Trinajstić information content (AvgIpc) is 3.51. The molecule has 1 saturated heterocycles. The Kier molecular flexibility index (Phi) is 7.40. The Morgan fingerprint density at radius 3 is 2.76 bits per heavy atom. The summed E-state index contributed by atoms with van der Waals surface area (Å²) in [6.45, 7) is 1.88. The monoisotopic (exact) mass is 544 g/mol. The summed E-state index contributed by atoms with van der Waals surface area (Å²) in [5.41, 5.74) is 1.68. The fourth-order valence-corrected chi connectivity index (χ4v) is 5.82. The Labute approximate surface area is 219 Å². The van der Waals surface area contributed by atoms with Gasteiger partial charge in [-0.3, -0.25) is 9.79 Å². The van der Waals surface area contributed by atoms with Crippen LogP contribution >= 0.6 is 11.8 Å². The largest absolute Gasteiger partial charge is 0.488 e. The van der Waals surface area contributed by atoms with E-state index in [0.717, 1.165) is 40.7 Å². The summed E-state index contributed by atoms with van der Waals surface area (Å²) in [5.74, 6) is 1.42. The van der Waals surface area contributed by atoms with E-state index in [-0.39, 0.29) is 28.0 Å². The summed E-state index contributed by atoms with van der Waals surface area (Å²) < 4.78 is 41.3. The number of ether oxygens (including phenoxy) is 3. The molecule has 2 aliphatic heterocycles. The number of amides is 1. The fraction of sp³-hybridized carbons (Fsp3) is 0.400. The number of hydrogen-bond donors (Lipinski definition) is 2. The van der Waals surface area contributed by atoms with Crippen molar-refractivity contribution in [1.82, 2.24) is 15.3 Å². The van der Waals surface area contributed by atoms with Crippen molar-refractivity contribution in [3.8, 4) is 17.4 Å². The van der Waals surface area contributed by atoms with Crippen molar-refractivity contribution in [1.29, 1.82) is 0 Å². The number of aromatic amines is 1. The van der Waals surface area contributed by atoms with E-state index >= 15 is 0 Å². The van der Waals surface area contributed by atoms with E-state index in [0.29, 0.717) is 37.7 Å². The summed E-state index contributed by atoms with van der Waals surface area (Å²) >= 11 is 1.58. The number of fused-ring (bicyclic) bond motifs is 1. The van der Waals surface area contributed by atoms with Crippen molar-refractivity contribution in [2.75, 3.05) is 33.1 Å². The quantitative estimate of drug-likeness (QED) is 0.442. The second-order valence-electron chi connectivity index (χ2n) is 8.97. The van der Waals surface area contributed by atoms with Gasteiger partial charge in [-0.05, 0) is 18.2 Å². The molecule has 196 valence electrons. The molecule has 1 aromatic carbocycles. The highest BCUT2D eigenvalue weighted by molar-refractivity contribution is 8.15. The Bertz CT molecular complexity index is 1430. The minimum atomic E-state index is -3.35. The van der Waals surface area contributed by atoms with E-state index in [4.69, 9.17) is 14.2 Å². The van der Waals surface area contributed by atoms with Gasteiger partial charge in [0.2, 0.25) is 11.8 Å². The number of aromatic nitrogens is 2. The predicted molar refractivity (Wildman–Crippen MR) is 142 cm³/mol. The fourth-order valence-electron chi connectivity index (χ4n) is 4.17. The van der Waals surface area contributed by atoms with Crippen LogP contribution in [0.1, 0.15) is 25.0 Å². The maximum Gasteiger partial charge on any atom is 0.220 e. The van der Waals surface area contributed by atoms with Crippen molar-refractivity contribution < 1.29 is 27.4 Å². The number of nitrogens with one attached hydrogen (secondary N) is 2. The Morgan fingerprint density at radius 1 is 1.24 bits per heavy atom. The molecule has 2 aliphatic rings. The van der Waals surface area contributed by atoms with Crippen LogP contribution in [0.15, 0.2) is 46.4 Å². The number of benzene rings is 1. The van der Waals surface area contributed by atoms with Gasteiger partial charge in [-0.1, -0.05) is 11.8 Å². The smallest absolute Gasteiger partial charge is 0.220 e. The van der Waals surface area contributed by atoms with Crippen LogP contribution in [0.5, 0.6) is 17.4 Å². The molecule has 0 bridgehead atoms. The summed E-state index contributed by atoms with van der Waals surface area (Å²) in [5, 5.41) is 4.49. The van der Waals surface area contributed by atoms with Crippen LogP contribution in [0.2, 0.25) is 0 Å². The zero-order valence-electron chi connectivity index (χ0n) is 20.5.